The van der Waals surface area contributed by atoms with Crippen LogP contribution in [0.15, 0.2) is 29.3 Å². The Morgan fingerprint density at radius 2 is 2.00 bits per heavy atom. The van der Waals surface area contributed by atoms with Crippen molar-refractivity contribution in [3.05, 3.63) is 46.5 Å². The Balaban J connectivity index is 2.42. The zero-order chi connectivity index (χ0) is 13.9. The van der Waals surface area contributed by atoms with E-state index in [1.54, 1.807) is 6.08 Å². The van der Waals surface area contributed by atoms with Gasteiger partial charge in [-0.2, -0.15) is 0 Å². The average molecular weight is 333 g/mol. The smallest absolute Gasteiger partial charge is 0.137 e. The second kappa shape index (κ2) is 6.11. The maximum atomic E-state index is 14.1. The average Bonchev–Trinajstić information content (AvgIpc) is 2.41. The second-order valence-corrected chi connectivity index (χ2v) is 5.31. The molecule has 0 N–H and O–H groups in total. The van der Waals surface area contributed by atoms with E-state index >= 15 is 0 Å². The van der Waals surface area contributed by atoms with Gasteiger partial charge in [-0.25, -0.2) is 8.78 Å². The molecule has 104 valence electrons. The van der Waals surface area contributed by atoms with E-state index in [0.717, 1.165) is 6.07 Å². The lowest BCUT2D eigenvalue weighted by Gasteiger charge is -2.37. The van der Waals surface area contributed by atoms with Crippen LogP contribution in [0.2, 0.25) is 0 Å². The number of rotatable bonds is 4. The molecule has 19 heavy (non-hydrogen) atoms. The van der Waals surface area contributed by atoms with Gasteiger partial charge in [-0.1, -0.05) is 6.08 Å². The van der Waals surface area contributed by atoms with Crippen molar-refractivity contribution in [2.75, 3.05) is 19.8 Å². The number of hydrogen-bond donors (Lipinski definition) is 0. The zero-order valence-corrected chi connectivity index (χ0v) is 12.0. The van der Waals surface area contributed by atoms with Gasteiger partial charge in [-0.3, -0.25) is 0 Å². The first-order chi connectivity index (χ1) is 9.09. The van der Waals surface area contributed by atoms with Gasteiger partial charge in [-0.05, 0) is 28.1 Å². The summed E-state index contributed by atoms with van der Waals surface area (Å²) in [5, 5.41) is 0. The molecular weight excluding hydrogens is 318 g/mol. The van der Waals surface area contributed by atoms with Gasteiger partial charge in [0.05, 0.1) is 11.1 Å². The van der Waals surface area contributed by atoms with Crippen LogP contribution in [0, 0.1) is 11.6 Å². The number of benzene rings is 1. The summed E-state index contributed by atoms with van der Waals surface area (Å²) in [7, 11) is 0. The molecule has 0 radical (unpaired) electrons. The quantitative estimate of drug-likeness (QED) is 0.614. The number of halogens is 3. The highest BCUT2D eigenvalue weighted by molar-refractivity contribution is 9.10. The van der Waals surface area contributed by atoms with Crippen LogP contribution in [0.4, 0.5) is 8.78 Å². The minimum Gasteiger partial charge on any atom is -0.381 e. The summed E-state index contributed by atoms with van der Waals surface area (Å²) in [5.41, 5.74) is -0.587. The first-order valence-corrected chi connectivity index (χ1v) is 6.86. The Morgan fingerprint density at radius 1 is 1.32 bits per heavy atom. The fourth-order valence-corrected chi connectivity index (χ4v) is 2.60. The van der Waals surface area contributed by atoms with Gasteiger partial charge < -0.3 is 9.47 Å². The molecule has 5 heteroatoms. The Hall–Kier alpha value is -0.780. The van der Waals surface area contributed by atoms with E-state index in [1.165, 1.54) is 6.07 Å². The molecule has 0 amide bonds. The molecule has 1 aromatic rings. The fourth-order valence-electron chi connectivity index (χ4n) is 2.28. The third-order valence-electron chi connectivity index (χ3n) is 3.28. The lowest BCUT2D eigenvalue weighted by molar-refractivity contribution is -0.109. The molecular formula is C14H15BrF2O2. The Kier molecular flexibility index (Phi) is 4.71. The number of ether oxygens (including phenoxy) is 2. The van der Waals surface area contributed by atoms with Crippen LogP contribution < -0.4 is 0 Å². The van der Waals surface area contributed by atoms with Gasteiger partial charge >= 0.3 is 0 Å². The first kappa shape index (κ1) is 14.6. The molecule has 1 aromatic carbocycles. The summed E-state index contributed by atoms with van der Waals surface area (Å²) in [4.78, 5) is 0. The standard InChI is InChI=1S/C14H15BrF2O2/c1-2-5-19-14(3-6-18-7-4-14)10-8-13(17)11(15)9-12(10)16/h2,8-9H,1,3-7H2. The van der Waals surface area contributed by atoms with E-state index in [-0.39, 0.29) is 16.6 Å². The summed E-state index contributed by atoms with van der Waals surface area (Å²) < 4.78 is 39.0. The van der Waals surface area contributed by atoms with Crippen LogP contribution in [-0.2, 0) is 15.1 Å². The lowest BCUT2D eigenvalue weighted by atomic mass is 9.85. The van der Waals surface area contributed by atoms with Crippen molar-refractivity contribution < 1.29 is 18.3 Å². The third kappa shape index (κ3) is 3.04. The summed E-state index contributed by atoms with van der Waals surface area (Å²) in [6, 6.07) is 2.34. The lowest BCUT2D eigenvalue weighted by Crippen LogP contribution is -2.37. The van der Waals surface area contributed by atoms with Crippen LogP contribution >= 0.6 is 15.9 Å². The third-order valence-corrected chi connectivity index (χ3v) is 3.89. The molecule has 2 rings (SSSR count). The van der Waals surface area contributed by atoms with E-state index in [1.807, 2.05) is 0 Å². The van der Waals surface area contributed by atoms with Gasteiger partial charge in [-0.15, -0.1) is 6.58 Å². The van der Waals surface area contributed by atoms with Crippen molar-refractivity contribution in [2.24, 2.45) is 0 Å². The van der Waals surface area contributed by atoms with Gasteiger partial charge in [0.15, 0.2) is 0 Å². The van der Waals surface area contributed by atoms with Gasteiger partial charge in [0.1, 0.15) is 17.2 Å². The van der Waals surface area contributed by atoms with Crippen molar-refractivity contribution in [3.63, 3.8) is 0 Å². The van der Waals surface area contributed by atoms with Gasteiger partial charge in [0, 0.05) is 31.6 Å². The normalized spacial score (nSPS) is 18.3. The SMILES string of the molecule is C=CCOC1(c2cc(F)c(Br)cc2F)CCOCC1. The summed E-state index contributed by atoms with van der Waals surface area (Å²) >= 11 is 2.98. The van der Waals surface area contributed by atoms with Gasteiger partial charge in [0.25, 0.3) is 0 Å². The molecule has 1 fully saturated rings. The molecule has 1 aliphatic heterocycles. The van der Waals surface area contributed by atoms with E-state index < -0.39 is 17.2 Å². The monoisotopic (exact) mass is 332 g/mol. The topological polar surface area (TPSA) is 18.5 Å². The Morgan fingerprint density at radius 3 is 2.63 bits per heavy atom. The van der Waals surface area contributed by atoms with Crippen molar-refractivity contribution in [1.82, 2.24) is 0 Å². The molecule has 0 aromatic heterocycles. The molecule has 0 saturated carbocycles. The van der Waals surface area contributed by atoms with Crippen LogP contribution in [0.3, 0.4) is 0 Å². The molecule has 1 aliphatic rings. The van der Waals surface area contributed by atoms with Crippen LogP contribution in [-0.4, -0.2) is 19.8 Å². The largest absolute Gasteiger partial charge is 0.381 e. The summed E-state index contributed by atoms with van der Waals surface area (Å²) in [6.07, 6.45) is 2.60. The summed E-state index contributed by atoms with van der Waals surface area (Å²) in [5.74, 6) is -0.969. The van der Waals surface area contributed by atoms with Crippen molar-refractivity contribution in [3.8, 4) is 0 Å². The second-order valence-electron chi connectivity index (χ2n) is 4.45. The maximum absolute atomic E-state index is 14.1. The van der Waals surface area contributed by atoms with Crippen molar-refractivity contribution in [1.29, 1.82) is 0 Å². The molecule has 0 unspecified atom stereocenters. The molecule has 1 saturated heterocycles. The highest BCUT2D eigenvalue weighted by Crippen LogP contribution is 2.39. The molecule has 2 nitrogen and oxygen atoms in total. The zero-order valence-electron chi connectivity index (χ0n) is 10.4. The highest BCUT2D eigenvalue weighted by Gasteiger charge is 2.38. The predicted molar refractivity (Wildman–Crippen MR) is 71.9 cm³/mol. The molecule has 0 spiro atoms. The Labute approximate surface area is 119 Å². The predicted octanol–water partition coefficient (Wildman–Crippen LogP) is 3.94. The van der Waals surface area contributed by atoms with Crippen molar-refractivity contribution >= 4 is 15.9 Å². The molecule has 1 heterocycles. The minimum absolute atomic E-state index is 0.111. The molecule has 0 aliphatic carbocycles. The van der Waals surface area contributed by atoms with E-state index in [9.17, 15) is 8.78 Å². The maximum Gasteiger partial charge on any atom is 0.137 e. The van der Waals surface area contributed by atoms with E-state index in [0.29, 0.717) is 26.1 Å². The van der Waals surface area contributed by atoms with Crippen LogP contribution in [0.5, 0.6) is 0 Å². The highest BCUT2D eigenvalue weighted by atomic mass is 79.9. The molecule has 0 bridgehead atoms. The first-order valence-electron chi connectivity index (χ1n) is 6.07. The van der Waals surface area contributed by atoms with Crippen LogP contribution in [0.25, 0.3) is 0 Å². The van der Waals surface area contributed by atoms with Crippen LogP contribution in [0.1, 0.15) is 18.4 Å². The fraction of sp³-hybridized carbons (Fsp3) is 0.429. The van der Waals surface area contributed by atoms with E-state index in [2.05, 4.69) is 22.5 Å². The minimum atomic E-state index is -0.835. The molecule has 0 atom stereocenters. The number of hydrogen-bond acceptors (Lipinski definition) is 2. The van der Waals surface area contributed by atoms with Crippen molar-refractivity contribution in [2.45, 2.75) is 18.4 Å². The Bertz CT molecular complexity index is 471. The van der Waals surface area contributed by atoms with E-state index in [4.69, 9.17) is 9.47 Å². The van der Waals surface area contributed by atoms with Gasteiger partial charge in [0.2, 0.25) is 0 Å². The summed E-state index contributed by atoms with van der Waals surface area (Å²) in [6.45, 7) is 4.81.